The highest BCUT2D eigenvalue weighted by atomic mass is 79.9. The van der Waals surface area contributed by atoms with Crippen molar-refractivity contribution >= 4 is 31.5 Å². The average molecular weight is 352 g/mol. The van der Waals surface area contributed by atoms with Crippen LogP contribution in [0.5, 0.6) is 0 Å². The number of sulfone groups is 1. The zero-order valence-corrected chi connectivity index (χ0v) is 13.3. The highest BCUT2D eigenvalue weighted by Gasteiger charge is 2.34. The second-order valence-corrected chi connectivity index (χ2v) is 7.89. The van der Waals surface area contributed by atoms with Crippen molar-refractivity contribution in [3.8, 4) is 0 Å². The van der Waals surface area contributed by atoms with Crippen molar-refractivity contribution in [2.45, 2.75) is 17.9 Å². The van der Waals surface area contributed by atoms with Gasteiger partial charge in [-0.2, -0.15) is 0 Å². The molecule has 0 bridgehead atoms. The Balaban J connectivity index is 1.97. The van der Waals surface area contributed by atoms with E-state index in [1.165, 1.54) is 0 Å². The van der Waals surface area contributed by atoms with Gasteiger partial charge in [0.1, 0.15) is 0 Å². The average Bonchev–Trinajstić information content (AvgIpc) is 2.65. The van der Waals surface area contributed by atoms with E-state index < -0.39 is 9.84 Å². The molecule has 1 atom stereocenters. The maximum Gasteiger partial charge on any atom is 0.181 e. The smallest absolute Gasteiger partial charge is 0.181 e. The van der Waals surface area contributed by atoms with E-state index in [0.717, 1.165) is 21.3 Å². The summed E-state index contributed by atoms with van der Waals surface area (Å²) in [6, 6.07) is 12.9. The highest BCUT2D eigenvalue weighted by molar-refractivity contribution is 9.10. The lowest BCUT2D eigenvalue weighted by Gasteiger charge is -2.16. The van der Waals surface area contributed by atoms with Crippen LogP contribution in [0, 0.1) is 6.92 Å². The zero-order chi connectivity index (χ0) is 14.3. The number of hydrogen-bond acceptors (Lipinski definition) is 3. The molecule has 0 fully saturated rings. The number of halogens is 1. The van der Waals surface area contributed by atoms with Gasteiger partial charge in [-0.1, -0.05) is 34.1 Å². The molecule has 1 N–H and O–H groups in total. The Morgan fingerprint density at radius 1 is 1.20 bits per heavy atom. The minimum absolute atomic E-state index is 0.113. The Bertz CT molecular complexity index is 771. The summed E-state index contributed by atoms with van der Waals surface area (Å²) in [6.07, 6.45) is 0. The fourth-order valence-electron chi connectivity index (χ4n) is 2.55. The summed E-state index contributed by atoms with van der Waals surface area (Å²) in [7, 11) is -3.17. The molecule has 1 aliphatic heterocycles. The van der Waals surface area contributed by atoms with Crippen molar-refractivity contribution < 1.29 is 8.42 Å². The van der Waals surface area contributed by atoms with Gasteiger partial charge in [-0.05, 0) is 42.3 Å². The van der Waals surface area contributed by atoms with E-state index in [1.54, 1.807) is 12.1 Å². The maximum absolute atomic E-state index is 12.1. The van der Waals surface area contributed by atoms with E-state index >= 15 is 0 Å². The molecule has 0 radical (unpaired) electrons. The third-order valence-corrected chi connectivity index (χ3v) is 5.84. The van der Waals surface area contributed by atoms with Crippen molar-refractivity contribution in [3.63, 3.8) is 0 Å². The van der Waals surface area contributed by atoms with Crippen molar-refractivity contribution in [2.24, 2.45) is 0 Å². The molecule has 1 unspecified atom stereocenters. The van der Waals surface area contributed by atoms with Crippen molar-refractivity contribution in [1.29, 1.82) is 0 Å². The minimum Gasteiger partial charge on any atom is -0.377 e. The number of anilines is 1. The molecule has 0 aliphatic carbocycles. The van der Waals surface area contributed by atoms with Crippen molar-refractivity contribution in [1.82, 2.24) is 0 Å². The van der Waals surface area contributed by atoms with Crippen LogP contribution in [0.15, 0.2) is 51.8 Å². The number of nitrogens with one attached hydrogen (secondary N) is 1. The SMILES string of the molecule is Cc1cc(Br)ccc1NC1CS(=O)(=O)c2ccccc21. The number of rotatable bonds is 2. The van der Waals surface area contributed by atoms with Crippen LogP contribution in [-0.2, 0) is 9.84 Å². The first-order valence-corrected chi connectivity index (χ1v) is 8.76. The zero-order valence-electron chi connectivity index (χ0n) is 10.9. The Labute approximate surface area is 127 Å². The molecule has 2 aromatic rings. The summed E-state index contributed by atoms with van der Waals surface area (Å²) >= 11 is 3.43. The standard InChI is InChI=1S/C15H14BrNO2S/c1-10-8-11(16)6-7-13(10)17-14-9-20(18,19)15-5-3-2-4-12(14)15/h2-8,14,17H,9H2,1H3. The number of benzene rings is 2. The van der Waals surface area contributed by atoms with Crippen LogP contribution in [0.3, 0.4) is 0 Å². The van der Waals surface area contributed by atoms with E-state index in [2.05, 4.69) is 21.2 Å². The van der Waals surface area contributed by atoms with Crippen molar-refractivity contribution in [3.05, 3.63) is 58.1 Å². The molecule has 3 rings (SSSR count). The molecule has 1 heterocycles. The van der Waals surface area contributed by atoms with Gasteiger partial charge >= 0.3 is 0 Å². The van der Waals surface area contributed by atoms with Crippen LogP contribution < -0.4 is 5.32 Å². The van der Waals surface area contributed by atoms with E-state index in [1.807, 2.05) is 37.3 Å². The lowest BCUT2D eigenvalue weighted by Crippen LogP contribution is -2.13. The first-order chi connectivity index (χ1) is 9.47. The second-order valence-electron chi connectivity index (χ2n) is 4.98. The maximum atomic E-state index is 12.1. The molecule has 104 valence electrons. The highest BCUT2D eigenvalue weighted by Crippen LogP contribution is 2.36. The molecule has 1 aliphatic rings. The monoisotopic (exact) mass is 351 g/mol. The largest absolute Gasteiger partial charge is 0.377 e. The van der Waals surface area contributed by atoms with Gasteiger partial charge in [0.2, 0.25) is 0 Å². The van der Waals surface area contributed by atoms with Crippen LogP contribution in [0.25, 0.3) is 0 Å². The van der Waals surface area contributed by atoms with Gasteiger partial charge < -0.3 is 5.32 Å². The van der Waals surface area contributed by atoms with Crippen LogP contribution >= 0.6 is 15.9 Å². The molecule has 0 aromatic heterocycles. The van der Waals surface area contributed by atoms with Crippen LogP contribution in [0.1, 0.15) is 17.2 Å². The third kappa shape index (κ3) is 2.36. The topological polar surface area (TPSA) is 46.2 Å². The third-order valence-electron chi connectivity index (χ3n) is 3.53. The number of fused-ring (bicyclic) bond motifs is 1. The van der Waals surface area contributed by atoms with Gasteiger partial charge in [0.05, 0.1) is 16.7 Å². The molecule has 0 saturated heterocycles. The summed E-state index contributed by atoms with van der Waals surface area (Å²) < 4.78 is 25.3. The molecular formula is C15H14BrNO2S. The fraction of sp³-hybridized carbons (Fsp3) is 0.200. The summed E-state index contributed by atoms with van der Waals surface area (Å²) in [5.41, 5.74) is 2.90. The summed E-state index contributed by atoms with van der Waals surface area (Å²) in [4.78, 5) is 0.451. The quantitative estimate of drug-likeness (QED) is 0.897. The van der Waals surface area contributed by atoms with Crippen molar-refractivity contribution in [2.75, 3.05) is 11.1 Å². The van der Waals surface area contributed by atoms with Gasteiger partial charge in [0, 0.05) is 10.2 Å². The predicted octanol–water partition coefficient (Wildman–Crippen LogP) is 3.70. The molecule has 5 heteroatoms. The van der Waals surface area contributed by atoms with Gasteiger partial charge in [0.25, 0.3) is 0 Å². The molecular weight excluding hydrogens is 338 g/mol. The molecule has 2 aromatic carbocycles. The predicted molar refractivity (Wildman–Crippen MR) is 83.7 cm³/mol. The summed E-state index contributed by atoms with van der Waals surface area (Å²) in [5.74, 6) is 0.113. The first-order valence-electron chi connectivity index (χ1n) is 6.32. The Hall–Kier alpha value is -1.33. The molecule has 0 amide bonds. The Morgan fingerprint density at radius 3 is 2.70 bits per heavy atom. The minimum atomic E-state index is -3.17. The van der Waals surface area contributed by atoms with E-state index in [-0.39, 0.29) is 11.8 Å². The fourth-order valence-corrected chi connectivity index (χ4v) is 4.76. The normalized spacial score (nSPS) is 19.6. The number of hydrogen-bond donors (Lipinski definition) is 1. The molecule has 0 saturated carbocycles. The van der Waals surface area contributed by atoms with Crippen LogP contribution in [0.4, 0.5) is 5.69 Å². The lowest BCUT2D eigenvalue weighted by atomic mass is 10.1. The second kappa shape index (κ2) is 4.90. The van der Waals surface area contributed by atoms with Gasteiger partial charge in [-0.15, -0.1) is 0 Å². The van der Waals surface area contributed by atoms with E-state index in [9.17, 15) is 8.42 Å². The van der Waals surface area contributed by atoms with Gasteiger partial charge in [-0.25, -0.2) is 8.42 Å². The van der Waals surface area contributed by atoms with Gasteiger partial charge in [-0.3, -0.25) is 0 Å². The Kier molecular flexibility index (Phi) is 3.34. The lowest BCUT2D eigenvalue weighted by molar-refractivity contribution is 0.598. The Morgan fingerprint density at radius 2 is 1.95 bits per heavy atom. The molecule has 20 heavy (non-hydrogen) atoms. The molecule has 3 nitrogen and oxygen atoms in total. The summed E-state index contributed by atoms with van der Waals surface area (Å²) in [6.45, 7) is 2.00. The van der Waals surface area contributed by atoms with Gasteiger partial charge in [0.15, 0.2) is 9.84 Å². The van der Waals surface area contributed by atoms with Crippen LogP contribution in [0.2, 0.25) is 0 Å². The van der Waals surface area contributed by atoms with E-state index in [4.69, 9.17) is 0 Å². The summed E-state index contributed by atoms with van der Waals surface area (Å²) in [5, 5.41) is 3.35. The first kappa shape index (κ1) is 13.6. The molecule has 0 spiro atoms. The van der Waals surface area contributed by atoms with Crippen LogP contribution in [-0.4, -0.2) is 14.2 Å². The number of aryl methyl sites for hydroxylation is 1. The van der Waals surface area contributed by atoms with E-state index in [0.29, 0.717) is 4.90 Å².